The molecule has 4 heterocycles. The third-order valence-electron chi connectivity index (χ3n) is 3.97. The molecule has 0 aliphatic carbocycles. The molecule has 1 N–H and O–H groups in total. The van der Waals surface area contributed by atoms with E-state index in [4.69, 9.17) is 8.83 Å². The summed E-state index contributed by atoms with van der Waals surface area (Å²) in [6.07, 6.45) is 1.92. The van der Waals surface area contributed by atoms with Crippen LogP contribution in [-0.2, 0) is 13.0 Å². The Kier molecular flexibility index (Phi) is 4.20. The Morgan fingerprint density at radius 3 is 2.85 bits per heavy atom. The zero-order valence-corrected chi connectivity index (χ0v) is 14.5. The summed E-state index contributed by atoms with van der Waals surface area (Å²) < 4.78 is 10.0. The molecular formula is C16H12N4O6S. The normalized spacial score (nSPS) is 13.3. The van der Waals surface area contributed by atoms with Crippen molar-refractivity contribution in [1.29, 1.82) is 0 Å². The number of carbonyl (C=O) groups is 2. The molecule has 0 spiro atoms. The van der Waals surface area contributed by atoms with Crippen LogP contribution in [0.1, 0.15) is 31.7 Å². The average molecular weight is 388 g/mol. The monoisotopic (exact) mass is 388 g/mol. The van der Waals surface area contributed by atoms with Crippen LogP contribution in [0.2, 0.25) is 0 Å². The summed E-state index contributed by atoms with van der Waals surface area (Å²) >= 11 is 1.27. The lowest BCUT2D eigenvalue weighted by Gasteiger charge is -2.24. The minimum Gasteiger partial charge on any atom is -0.459 e. The van der Waals surface area contributed by atoms with Gasteiger partial charge in [-0.2, -0.15) is 0 Å². The maximum Gasteiger partial charge on any atom is 0.433 e. The van der Waals surface area contributed by atoms with E-state index in [-0.39, 0.29) is 18.1 Å². The molecule has 138 valence electrons. The molecule has 0 saturated carbocycles. The van der Waals surface area contributed by atoms with E-state index in [1.54, 1.807) is 12.1 Å². The summed E-state index contributed by atoms with van der Waals surface area (Å²) in [5.41, 5.74) is 0.809. The van der Waals surface area contributed by atoms with Gasteiger partial charge in [-0.3, -0.25) is 25.0 Å². The fourth-order valence-corrected chi connectivity index (χ4v) is 3.70. The second kappa shape index (κ2) is 6.68. The SMILES string of the molecule is O=C(Nc1nc2c(s1)CN(C(=O)c1ccc([N+](=O)[O-])o1)CC2)c1ccco1. The van der Waals surface area contributed by atoms with Crippen molar-refractivity contribution < 1.29 is 23.3 Å². The highest BCUT2D eigenvalue weighted by Crippen LogP contribution is 2.30. The van der Waals surface area contributed by atoms with E-state index in [1.165, 1.54) is 28.6 Å². The molecule has 27 heavy (non-hydrogen) atoms. The van der Waals surface area contributed by atoms with Gasteiger partial charge in [-0.05, 0) is 18.2 Å². The van der Waals surface area contributed by atoms with Crippen LogP contribution in [0.25, 0.3) is 0 Å². The largest absolute Gasteiger partial charge is 0.459 e. The number of nitro groups is 1. The van der Waals surface area contributed by atoms with Crippen molar-refractivity contribution in [2.75, 3.05) is 11.9 Å². The molecule has 0 saturated heterocycles. The van der Waals surface area contributed by atoms with Gasteiger partial charge in [0, 0.05) is 17.8 Å². The maximum absolute atomic E-state index is 12.5. The van der Waals surface area contributed by atoms with E-state index in [9.17, 15) is 19.7 Å². The van der Waals surface area contributed by atoms with Crippen molar-refractivity contribution in [2.24, 2.45) is 0 Å². The Hall–Kier alpha value is -3.47. The van der Waals surface area contributed by atoms with Crippen LogP contribution in [0, 0.1) is 10.1 Å². The number of carbonyl (C=O) groups excluding carboxylic acids is 2. The number of fused-ring (bicyclic) bond motifs is 1. The zero-order chi connectivity index (χ0) is 19.0. The standard InChI is InChI=1S/C16H12N4O6S/c21-14(10-2-1-7-25-10)18-16-17-9-5-6-19(8-12(9)27-16)15(22)11-3-4-13(26-11)20(23)24/h1-4,7H,5-6,8H2,(H,17,18,21). The van der Waals surface area contributed by atoms with Crippen molar-refractivity contribution in [1.82, 2.24) is 9.88 Å². The van der Waals surface area contributed by atoms with E-state index >= 15 is 0 Å². The molecule has 0 bridgehead atoms. The van der Waals surface area contributed by atoms with Crippen LogP contribution in [0.4, 0.5) is 11.0 Å². The van der Waals surface area contributed by atoms with E-state index in [1.807, 2.05) is 0 Å². The number of rotatable bonds is 4. The quantitative estimate of drug-likeness (QED) is 0.537. The van der Waals surface area contributed by atoms with E-state index in [2.05, 4.69) is 10.3 Å². The van der Waals surface area contributed by atoms with Crippen molar-refractivity contribution in [3.8, 4) is 0 Å². The molecule has 0 radical (unpaired) electrons. The second-order valence-electron chi connectivity index (χ2n) is 5.69. The highest BCUT2D eigenvalue weighted by molar-refractivity contribution is 7.15. The topological polar surface area (TPSA) is 132 Å². The van der Waals surface area contributed by atoms with Crippen LogP contribution < -0.4 is 5.32 Å². The molecule has 1 aliphatic heterocycles. The summed E-state index contributed by atoms with van der Waals surface area (Å²) in [5, 5.41) is 13.8. The number of anilines is 1. The average Bonchev–Trinajstić information content (AvgIpc) is 3.39. The lowest BCUT2D eigenvalue weighted by Crippen LogP contribution is -2.35. The second-order valence-corrected chi connectivity index (χ2v) is 6.78. The molecule has 0 fully saturated rings. The summed E-state index contributed by atoms with van der Waals surface area (Å²) in [6, 6.07) is 5.60. The molecule has 3 aromatic heterocycles. The Bertz CT molecular complexity index is 1020. The molecule has 11 heteroatoms. The van der Waals surface area contributed by atoms with Crippen LogP contribution in [0.15, 0.2) is 39.4 Å². The van der Waals surface area contributed by atoms with Gasteiger partial charge in [-0.25, -0.2) is 4.98 Å². The van der Waals surface area contributed by atoms with Gasteiger partial charge in [0.2, 0.25) is 0 Å². The Balaban J connectivity index is 1.46. The Morgan fingerprint density at radius 1 is 1.30 bits per heavy atom. The van der Waals surface area contributed by atoms with Crippen LogP contribution in [0.5, 0.6) is 0 Å². The Labute approximate surface area is 155 Å². The highest BCUT2D eigenvalue weighted by Gasteiger charge is 2.28. The Morgan fingerprint density at radius 2 is 2.15 bits per heavy atom. The predicted molar refractivity (Wildman–Crippen MR) is 92.6 cm³/mol. The lowest BCUT2D eigenvalue weighted by molar-refractivity contribution is -0.402. The van der Waals surface area contributed by atoms with Gasteiger partial charge in [-0.1, -0.05) is 11.3 Å². The minimum absolute atomic E-state index is 0.0824. The first-order chi connectivity index (χ1) is 13.0. The van der Waals surface area contributed by atoms with Crippen LogP contribution in [-0.4, -0.2) is 33.2 Å². The minimum atomic E-state index is -0.692. The third-order valence-corrected chi connectivity index (χ3v) is 4.96. The molecule has 2 amide bonds. The number of nitrogens with one attached hydrogen (secondary N) is 1. The molecule has 10 nitrogen and oxygen atoms in total. The van der Waals surface area contributed by atoms with Crippen molar-refractivity contribution in [3.63, 3.8) is 0 Å². The number of hydrogen-bond donors (Lipinski definition) is 1. The van der Waals surface area contributed by atoms with Gasteiger partial charge in [0.15, 0.2) is 16.7 Å². The first-order valence-electron chi connectivity index (χ1n) is 7.88. The first-order valence-corrected chi connectivity index (χ1v) is 8.70. The smallest absolute Gasteiger partial charge is 0.433 e. The zero-order valence-electron chi connectivity index (χ0n) is 13.7. The van der Waals surface area contributed by atoms with Crippen LogP contribution >= 0.6 is 11.3 Å². The summed E-state index contributed by atoms with van der Waals surface area (Å²) in [4.78, 5) is 41.3. The maximum atomic E-state index is 12.5. The van der Waals surface area contributed by atoms with E-state index in [0.717, 1.165) is 16.6 Å². The van der Waals surface area contributed by atoms with Crippen molar-refractivity contribution in [2.45, 2.75) is 13.0 Å². The molecule has 0 atom stereocenters. The van der Waals surface area contributed by atoms with Gasteiger partial charge in [0.05, 0.1) is 24.6 Å². The summed E-state index contributed by atoms with van der Waals surface area (Å²) in [7, 11) is 0. The predicted octanol–water partition coefficient (Wildman–Crippen LogP) is 2.69. The molecule has 0 unspecified atom stereocenters. The number of aromatic nitrogens is 1. The number of amides is 2. The highest BCUT2D eigenvalue weighted by atomic mass is 32.1. The first kappa shape index (κ1) is 17.0. The number of furan rings is 2. The van der Waals surface area contributed by atoms with Gasteiger partial charge in [0.25, 0.3) is 11.8 Å². The third kappa shape index (κ3) is 3.31. The fraction of sp³-hybridized carbons (Fsp3) is 0.188. The molecule has 3 aromatic rings. The number of hydrogen-bond acceptors (Lipinski definition) is 8. The van der Waals surface area contributed by atoms with Crippen LogP contribution in [0.3, 0.4) is 0 Å². The lowest BCUT2D eigenvalue weighted by atomic mass is 10.1. The van der Waals surface area contributed by atoms with Crippen molar-refractivity contribution in [3.05, 3.63) is 62.7 Å². The summed E-state index contributed by atoms with van der Waals surface area (Å²) in [6.45, 7) is 0.687. The number of nitrogens with zero attached hydrogens (tertiary/aromatic N) is 3. The molecule has 1 aliphatic rings. The summed E-state index contributed by atoms with van der Waals surface area (Å²) in [5.74, 6) is -1.21. The molecule has 0 aromatic carbocycles. The van der Waals surface area contributed by atoms with E-state index < -0.39 is 22.6 Å². The molecular weight excluding hydrogens is 376 g/mol. The fourth-order valence-electron chi connectivity index (χ4n) is 2.69. The number of thiazole rings is 1. The van der Waals surface area contributed by atoms with Gasteiger partial charge in [0.1, 0.15) is 4.92 Å². The van der Waals surface area contributed by atoms with Crippen molar-refractivity contribution >= 4 is 34.2 Å². The van der Waals surface area contributed by atoms with Gasteiger partial charge in [-0.15, -0.1) is 0 Å². The van der Waals surface area contributed by atoms with Gasteiger partial charge < -0.3 is 13.7 Å². The van der Waals surface area contributed by atoms with E-state index in [0.29, 0.717) is 18.1 Å². The van der Waals surface area contributed by atoms with Gasteiger partial charge >= 0.3 is 5.88 Å². The molecule has 4 rings (SSSR count).